The van der Waals surface area contributed by atoms with Crippen molar-refractivity contribution >= 4 is 29.9 Å². The first kappa shape index (κ1) is 19.1. The van der Waals surface area contributed by atoms with Crippen LogP contribution in [0.2, 0.25) is 0 Å². The van der Waals surface area contributed by atoms with Gasteiger partial charge in [-0.1, -0.05) is 30.7 Å². The van der Waals surface area contributed by atoms with Gasteiger partial charge < -0.3 is 14.8 Å². The van der Waals surface area contributed by atoms with E-state index in [4.69, 9.17) is 0 Å². The van der Waals surface area contributed by atoms with Crippen LogP contribution in [-0.4, -0.2) is 39.2 Å². The molecule has 0 spiro atoms. The largest absolute Gasteiger partial charge is 0.349 e. The summed E-state index contributed by atoms with van der Waals surface area (Å²) in [4.78, 5) is 6.81. The van der Waals surface area contributed by atoms with E-state index < -0.39 is 0 Å². The summed E-state index contributed by atoms with van der Waals surface area (Å²) < 4.78 is 2.29. The fourth-order valence-corrected chi connectivity index (χ4v) is 3.84. The van der Waals surface area contributed by atoms with Gasteiger partial charge in [0.25, 0.3) is 0 Å². The second kappa shape index (κ2) is 8.83. The first-order valence-corrected chi connectivity index (χ1v) is 9.28. The Balaban J connectivity index is 0.00000196. The Morgan fingerprint density at radius 3 is 2.77 bits per heavy atom. The molecule has 0 saturated carbocycles. The van der Waals surface area contributed by atoms with E-state index in [0.717, 1.165) is 50.1 Å². The number of aromatic nitrogens is 3. The molecule has 7 heteroatoms. The second-order valence-electron chi connectivity index (χ2n) is 6.84. The molecule has 0 bridgehead atoms. The fraction of sp³-hybridized carbons (Fsp3) is 0.526. The number of aliphatic imine (C=N–C) groups is 1. The number of fused-ring (bicyclic) bond motifs is 2. The predicted octanol–water partition coefficient (Wildman–Crippen LogP) is 2.76. The normalized spacial score (nSPS) is 17.0. The van der Waals surface area contributed by atoms with Crippen LogP contribution in [0.1, 0.15) is 42.0 Å². The molecule has 6 nitrogen and oxygen atoms in total. The molecule has 1 N–H and O–H groups in total. The summed E-state index contributed by atoms with van der Waals surface area (Å²) in [6, 6.07) is 8.68. The van der Waals surface area contributed by atoms with E-state index in [-0.39, 0.29) is 24.0 Å². The Bertz CT molecular complexity index is 769. The number of hydrogen-bond acceptors (Lipinski definition) is 3. The third-order valence-corrected chi connectivity index (χ3v) is 5.23. The summed E-state index contributed by atoms with van der Waals surface area (Å²) in [5, 5.41) is 12.3. The molecule has 2 aliphatic heterocycles. The monoisotopic (exact) mass is 466 g/mol. The van der Waals surface area contributed by atoms with E-state index in [2.05, 4.69) is 54.2 Å². The number of guanidine groups is 1. The minimum atomic E-state index is 0. The van der Waals surface area contributed by atoms with E-state index in [1.54, 1.807) is 0 Å². The summed E-state index contributed by atoms with van der Waals surface area (Å²) in [6.07, 6.45) is 5.84. The molecule has 2 aliphatic rings. The lowest BCUT2D eigenvalue weighted by Crippen LogP contribution is -2.44. The van der Waals surface area contributed by atoms with Gasteiger partial charge in [0.1, 0.15) is 5.82 Å². The standard InChI is InChI=1S/C19H26N6.HI/c1-20-19(24-12-10-15-7-4-5-8-16(15)14-24)21-13-18-23-22-17-9-3-2-6-11-25(17)18;/h4-5,7-8H,2-3,6,9-14H2,1H3,(H,20,21);1H. The number of aryl methyl sites for hydroxylation is 1. The maximum absolute atomic E-state index is 4.49. The van der Waals surface area contributed by atoms with Crippen molar-refractivity contribution in [3.05, 3.63) is 47.0 Å². The zero-order valence-corrected chi connectivity index (χ0v) is 17.6. The SMILES string of the molecule is CN=C(NCc1nnc2n1CCCCC2)N1CCc2ccccc2C1.I. The van der Waals surface area contributed by atoms with Crippen molar-refractivity contribution in [2.45, 2.75) is 51.7 Å². The van der Waals surface area contributed by atoms with Crippen LogP contribution < -0.4 is 5.32 Å². The van der Waals surface area contributed by atoms with Crippen LogP contribution in [-0.2, 0) is 32.5 Å². The summed E-state index contributed by atoms with van der Waals surface area (Å²) in [6.45, 7) is 3.62. The topological polar surface area (TPSA) is 58.3 Å². The lowest BCUT2D eigenvalue weighted by molar-refractivity contribution is 0.377. The van der Waals surface area contributed by atoms with Crippen molar-refractivity contribution < 1.29 is 0 Å². The number of benzene rings is 1. The molecule has 2 aromatic rings. The lowest BCUT2D eigenvalue weighted by atomic mass is 10.0. The van der Waals surface area contributed by atoms with Gasteiger partial charge in [0.15, 0.2) is 11.8 Å². The third-order valence-electron chi connectivity index (χ3n) is 5.23. The third kappa shape index (κ3) is 4.02. The predicted molar refractivity (Wildman–Crippen MR) is 114 cm³/mol. The van der Waals surface area contributed by atoms with E-state index >= 15 is 0 Å². The Morgan fingerprint density at radius 1 is 1.08 bits per heavy atom. The number of nitrogens with one attached hydrogen (secondary N) is 1. The second-order valence-corrected chi connectivity index (χ2v) is 6.84. The zero-order valence-electron chi connectivity index (χ0n) is 15.3. The van der Waals surface area contributed by atoms with Gasteiger partial charge in [0.2, 0.25) is 0 Å². The lowest BCUT2D eigenvalue weighted by Gasteiger charge is -2.31. The average molecular weight is 466 g/mol. The highest BCUT2D eigenvalue weighted by molar-refractivity contribution is 14.0. The maximum Gasteiger partial charge on any atom is 0.194 e. The van der Waals surface area contributed by atoms with Crippen LogP contribution >= 0.6 is 24.0 Å². The van der Waals surface area contributed by atoms with Crippen LogP contribution in [0.25, 0.3) is 0 Å². The molecule has 0 amide bonds. The summed E-state index contributed by atoms with van der Waals surface area (Å²) in [7, 11) is 1.85. The van der Waals surface area contributed by atoms with Gasteiger partial charge in [-0.15, -0.1) is 34.2 Å². The molecular formula is C19H27IN6. The molecule has 0 atom stereocenters. The highest BCUT2D eigenvalue weighted by Gasteiger charge is 2.20. The quantitative estimate of drug-likeness (QED) is 0.420. The van der Waals surface area contributed by atoms with Gasteiger partial charge >= 0.3 is 0 Å². The van der Waals surface area contributed by atoms with Gasteiger partial charge in [0.05, 0.1) is 6.54 Å². The first-order chi connectivity index (χ1) is 12.3. The molecule has 0 radical (unpaired) electrons. The Labute approximate surface area is 172 Å². The van der Waals surface area contributed by atoms with Gasteiger partial charge in [-0.25, -0.2) is 0 Å². The van der Waals surface area contributed by atoms with Gasteiger partial charge in [-0.3, -0.25) is 4.99 Å². The van der Waals surface area contributed by atoms with Gasteiger partial charge in [-0.05, 0) is 30.4 Å². The Kier molecular flexibility index (Phi) is 6.50. The molecule has 0 saturated heterocycles. The highest BCUT2D eigenvalue weighted by atomic mass is 127. The highest BCUT2D eigenvalue weighted by Crippen LogP contribution is 2.19. The number of rotatable bonds is 2. The molecule has 3 heterocycles. The van der Waals surface area contributed by atoms with Crippen molar-refractivity contribution in [2.75, 3.05) is 13.6 Å². The smallest absolute Gasteiger partial charge is 0.194 e. The van der Waals surface area contributed by atoms with Crippen molar-refractivity contribution in [2.24, 2.45) is 4.99 Å². The van der Waals surface area contributed by atoms with Gasteiger partial charge in [0, 0.05) is 33.1 Å². The number of halogens is 1. The average Bonchev–Trinajstić information content (AvgIpc) is 2.88. The zero-order chi connectivity index (χ0) is 17.1. The molecule has 0 fully saturated rings. The van der Waals surface area contributed by atoms with Crippen LogP contribution in [0.3, 0.4) is 0 Å². The van der Waals surface area contributed by atoms with E-state index in [1.165, 1.54) is 30.4 Å². The fourth-order valence-electron chi connectivity index (χ4n) is 3.84. The van der Waals surface area contributed by atoms with Crippen LogP contribution in [0.15, 0.2) is 29.3 Å². The molecule has 26 heavy (non-hydrogen) atoms. The molecule has 0 aliphatic carbocycles. The van der Waals surface area contributed by atoms with Crippen molar-refractivity contribution in [1.82, 2.24) is 25.0 Å². The van der Waals surface area contributed by atoms with Crippen LogP contribution in [0, 0.1) is 0 Å². The maximum atomic E-state index is 4.49. The number of hydrogen-bond donors (Lipinski definition) is 1. The Hall–Kier alpha value is -1.64. The summed E-state index contributed by atoms with van der Waals surface area (Å²) >= 11 is 0. The molecule has 4 rings (SSSR count). The molecular weight excluding hydrogens is 439 g/mol. The van der Waals surface area contributed by atoms with Crippen molar-refractivity contribution in [3.8, 4) is 0 Å². The molecule has 1 aromatic carbocycles. The molecule has 1 aromatic heterocycles. The minimum Gasteiger partial charge on any atom is -0.349 e. The molecule has 0 unspecified atom stereocenters. The summed E-state index contributed by atoms with van der Waals surface area (Å²) in [5.74, 6) is 3.10. The number of nitrogens with zero attached hydrogens (tertiary/aromatic N) is 5. The van der Waals surface area contributed by atoms with Crippen LogP contribution in [0.5, 0.6) is 0 Å². The van der Waals surface area contributed by atoms with Crippen molar-refractivity contribution in [3.63, 3.8) is 0 Å². The van der Waals surface area contributed by atoms with E-state index in [9.17, 15) is 0 Å². The first-order valence-electron chi connectivity index (χ1n) is 9.28. The minimum absolute atomic E-state index is 0. The van der Waals surface area contributed by atoms with E-state index in [0.29, 0.717) is 6.54 Å². The Morgan fingerprint density at radius 2 is 1.92 bits per heavy atom. The van der Waals surface area contributed by atoms with Gasteiger partial charge in [-0.2, -0.15) is 0 Å². The van der Waals surface area contributed by atoms with Crippen LogP contribution in [0.4, 0.5) is 0 Å². The van der Waals surface area contributed by atoms with Crippen molar-refractivity contribution in [1.29, 1.82) is 0 Å². The van der Waals surface area contributed by atoms with E-state index in [1.807, 2.05) is 7.05 Å². The molecule has 140 valence electrons. The summed E-state index contributed by atoms with van der Waals surface area (Å²) in [5.41, 5.74) is 2.85.